The second-order valence-corrected chi connectivity index (χ2v) is 16.4. The van der Waals surface area contributed by atoms with Crippen LogP contribution in [0.3, 0.4) is 0 Å². The Balaban J connectivity index is 0.000000229. The van der Waals surface area contributed by atoms with Crippen LogP contribution >= 0.6 is 46.4 Å². The Morgan fingerprint density at radius 2 is 1.18 bits per heavy atom. The molecular weight excluding hydrogens is 917 g/mol. The Kier molecular flexibility index (Phi) is 16.3. The SMILES string of the molecule is Cc1nc(C(C#N)S(=O)(=O)c2ccc(Cl)cc2F)c([N+](=O)[O-])c(N2CCO[C@@H](C)C2)n1.Cc1nc(Cl)c([N+](=O)[O-])c(Cl)n1.Cc1nc(Cl)c([N+](=O)[O-])c(N2CCO[C@@H](C)C2)n1. The third-order valence-electron chi connectivity index (χ3n) is 8.36. The fourth-order valence-electron chi connectivity index (χ4n) is 5.83. The Bertz CT molecular complexity index is 2480. The number of ether oxygens (including phenoxy) is 2. The number of nitrogens with zero attached hydrogens (tertiary/aromatic N) is 12. The molecule has 326 valence electrons. The fourth-order valence-corrected chi connectivity index (χ4v) is 8.31. The van der Waals surface area contributed by atoms with Crippen LogP contribution in [0.2, 0.25) is 20.5 Å². The van der Waals surface area contributed by atoms with Gasteiger partial charge in [0, 0.05) is 31.2 Å². The zero-order chi connectivity index (χ0) is 45.5. The minimum atomic E-state index is -4.72. The van der Waals surface area contributed by atoms with E-state index in [0.29, 0.717) is 31.3 Å². The van der Waals surface area contributed by atoms with E-state index in [1.54, 1.807) is 25.7 Å². The Hall–Kier alpha value is -5.29. The van der Waals surface area contributed by atoms with Gasteiger partial charge in [0.25, 0.3) is 0 Å². The molecule has 22 nitrogen and oxygen atoms in total. The molecule has 2 aliphatic rings. The second-order valence-electron chi connectivity index (χ2n) is 12.9. The first-order valence-corrected chi connectivity index (χ1v) is 20.5. The molecule has 0 amide bonds. The van der Waals surface area contributed by atoms with Crippen LogP contribution in [0.25, 0.3) is 0 Å². The maximum absolute atomic E-state index is 14.3. The van der Waals surface area contributed by atoms with Crippen LogP contribution in [-0.4, -0.2) is 105 Å². The summed E-state index contributed by atoms with van der Waals surface area (Å²) in [6.45, 7) is 10.8. The molecule has 0 radical (unpaired) electrons. The molecule has 1 aromatic carbocycles. The topological polar surface area (TPSA) is 290 Å². The lowest BCUT2D eigenvalue weighted by atomic mass is 10.2. The van der Waals surface area contributed by atoms with Crippen LogP contribution in [0.4, 0.5) is 33.1 Å². The van der Waals surface area contributed by atoms with Crippen molar-refractivity contribution in [2.45, 2.75) is 57.0 Å². The molecule has 2 saturated heterocycles. The van der Waals surface area contributed by atoms with Gasteiger partial charge in [-0.2, -0.15) is 5.26 Å². The molecule has 4 aromatic rings. The number of hydrogen-bond acceptors (Lipinski definition) is 19. The van der Waals surface area contributed by atoms with E-state index in [2.05, 4.69) is 29.9 Å². The molecule has 3 aromatic heterocycles. The molecule has 0 aliphatic carbocycles. The Morgan fingerprint density at radius 1 is 0.754 bits per heavy atom. The average Bonchev–Trinajstić information content (AvgIpc) is 3.14. The van der Waals surface area contributed by atoms with Crippen LogP contribution in [0.15, 0.2) is 23.1 Å². The first-order chi connectivity index (χ1) is 28.6. The van der Waals surface area contributed by atoms with E-state index in [1.807, 2.05) is 11.8 Å². The number of anilines is 2. The number of aromatic nitrogens is 6. The molecule has 0 bridgehead atoms. The van der Waals surface area contributed by atoms with Gasteiger partial charge in [0.05, 0.1) is 46.3 Å². The predicted octanol–water partition coefficient (Wildman–Crippen LogP) is 6.32. The quantitative estimate of drug-likeness (QED) is 0.106. The van der Waals surface area contributed by atoms with E-state index in [9.17, 15) is 48.4 Å². The van der Waals surface area contributed by atoms with Gasteiger partial charge in [-0.1, -0.05) is 46.4 Å². The van der Waals surface area contributed by atoms with E-state index in [-0.39, 0.29) is 75.5 Å². The van der Waals surface area contributed by atoms with Gasteiger partial charge < -0.3 is 19.3 Å². The molecule has 3 atom stereocenters. The summed E-state index contributed by atoms with van der Waals surface area (Å²) in [7, 11) is -4.72. The highest BCUT2D eigenvalue weighted by Gasteiger charge is 2.41. The summed E-state index contributed by atoms with van der Waals surface area (Å²) >= 11 is 22.4. The third kappa shape index (κ3) is 11.8. The molecule has 2 fully saturated rings. The number of hydrogen-bond donors (Lipinski definition) is 0. The highest BCUT2D eigenvalue weighted by molar-refractivity contribution is 7.92. The van der Waals surface area contributed by atoms with Crippen molar-refractivity contribution in [2.75, 3.05) is 49.2 Å². The molecule has 5 heterocycles. The van der Waals surface area contributed by atoms with E-state index in [4.69, 9.17) is 55.9 Å². The summed E-state index contributed by atoms with van der Waals surface area (Å²) in [6, 6.07) is 4.37. The molecule has 2 aliphatic heterocycles. The molecule has 61 heavy (non-hydrogen) atoms. The zero-order valence-corrected chi connectivity index (χ0v) is 36.3. The van der Waals surface area contributed by atoms with Gasteiger partial charge in [0.15, 0.2) is 5.69 Å². The first kappa shape index (κ1) is 48.4. The van der Waals surface area contributed by atoms with Crippen molar-refractivity contribution in [1.82, 2.24) is 29.9 Å². The maximum atomic E-state index is 14.3. The average molecular weight is 951 g/mol. The van der Waals surface area contributed by atoms with Crippen molar-refractivity contribution in [3.63, 3.8) is 0 Å². The van der Waals surface area contributed by atoms with Gasteiger partial charge in [0.2, 0.25) is 42.2 Å². The molecule has 0 saturated carbocycles. The van der Waals surface area contributed by atoms with Crippen molar-refractivity contribution >= 4 is 84.9 Å². The van der Waals surface area contributed by atoms with Crippen LogP contribution in [-0.2, 0) is 19.3 Å². The standard InChI is InChI=1S/C18H17ClFN5O5S.C10H13ClN4O3.C5H3Cl2N3O2/c1-10-9-24(5-6-30-10)18-17(25(26)27)16(22-11(2)23-18)15(8-21)31(28,29)14-4-3-12(19)7-13(14)20;1-6-5-14(3-4-18-6)10-8(15(16)17)9(11)12-7(2)13-10;1-2-8-4(6)3(10(11)12)5(7)9-2/h3-4,7,10,15H,5-6,9H2,1-2H3;6H,3-5H2,1-2H3;1H3/t10-,15?;6-;/m00./s1. The normalized spacial score (nSPS) is 16.9. The molecule has 28 heteroatoms. The molecule has 0 N–H and O–H groups in total. The van der Waals surface area contributed by atoms with Crippen molar-refractivity contribution in [2.24, 2.45) is 0 Å². The largest absolute Gasteiger partial charge is 0.375 e. The van der Waals surface area contributed by atoms with Gasteiger partial charge in [-0.25, -0.2) is 42.7 Å². The number of aryl methyl sites for hydroxylation is 3. The van der Waals surface area contributed by atoms with E-state index < -0.39 is 57.6 Å². The summed E-state index contributed by atoms with van der Waals surface area (Å²) in [5.41, 5.74) is -2.03. The minimum absolute atomic E-state index is 0.00685. The summed E-state index contributed by atoms with van der Waals surface area (Å²) in [5.74, 6) is -0.275. The third-order valence-corrected chi connectivity index (χ3v) is 11.3. The summed E-state index contributed by atoms with van der Waals surface area (Å²) in [4.78, 5) is 57.0. The first-order valence-electron chi connectivity index (χ1n) is 17.4. The predicted molar refractivity (Wildman–Crippen MR) is 218 cm³/mol. The van der Waals surface area contributed by atoms with Crippen molar-refractivity contribution in [3.05, 3.63) is 98.0 Å². The molecule has 6 rings (SSSR count). The Labute approximate surface area is 365 Å². The number of morpholine rings is 2. The molecule has 1 unspecified atom stereocenters. The number of benzene rings is 1. The lowest BCUT2D eigenvalue weighted by molar-refractivity contribution is -0.385. The maximum Gasteiger partial charge on any atom is 0.348 e. The van der Waals surface area contributed by atoms with Gasteiger partial charge in [-0.3, -0.25) is 30.3 Å². The summed E-state index contributed by atoms with van der Waals surface area (Å²) in [5, 5.41) is 40.2. The monoisotopic (exact) mass is 948 g/mol. The lowest BCUT2D eigenvalue weighted by Gasteiger charge is -2.32. The van der Waals surface area contributed by atoms with Gasteiger partial charge in [-0.05, 0) is 52.8 Å². The lowest BCUT2D eigenvalue weighted by Crippen LogP contribution is -2.42. The van der Waals surface area contributed by atoms with Crippen molar-refractivity contribution in [3.8, 4) is 6.07 Å². The highest BCUT2D eigenvalue weighted by Crippen LogP contribution is 2.39. The van der Waals surface area contributed by atoms with Crippen molar-refractivity contribution < 1.29 is 37.1 Å². The molecular formula is C33H33Cl4FN12O10S. The number of halogens is 5. The van der Waals surface area contributed by atoms with Crippen molar-refractivity contribution in [1.29, 1.82) is 5.26 Å². The smallest absolute Gasteiger partial charge is 0.348 e. The zero-order valence-electron chi connectivity index (χ0n) is 32.5. The van der Waals surface area contributed by atoms with Crippen LogP contribution in [0, 0.1) is 68.3 Å². The second kappa shape index (κ2) is 20.5. The number of rotatable bonds is 8. The fraction of sp³-hybridized carbons (Fsp3) is 0.424. The number of sulfone groups is 1. The highest BCUT2D eigenvalue weighted by atomic mass is 35.5. The van der Waals surface area contributed by atoms with E-state index in [1.165, 1.54) is 13.0 Å². The number of nitro groups is 3. The minimum Gasteiger partial charge on any atom is -0.375 e. The van der Waals surface area contributed by atoms with Gasteiger partial charge in [-0.15, -0.1) is 0 Å². The summed E-state index contributed by atoms with van der Waals surface area (Å²) in [6.07, 6.45) is -0.238. The van der Waals surface area contributed by atoms with Gasteiger partial charge in [0.1, 0.15) is 28.2 Å². The van der Waals surface area contributed by atoms with Gasteiger partial charge >= 0.3 is 17.1 Å². The van der Waals surface area contributed by atoms with E-state index >= 15 is 0 Å². The summed E-state index contributed by atoms with van der Waals surface area (Å²) < 4.78 is 51.4. The van der Waals surface area contributed by atoms with E-state index in [0.717, 1.165) is 18.2 Å². The van der Waals surface area contributed by atoms with Crippen LogP contribution < -0.4 is 9.80 Å². The van der Waals surface area contributed by atoms with Crippen LogP contribution in [0.1, 0.15) is 42.3 Å². The Morgan fingerprint density at radius 3 is 1.61 bits per heavy atom. The number of nitriles is 1. The van der Waals surface area contributed by atoms with Crippen LogP contribution in [0.5, 0.6) is 0 Å². The molecule has 0 spiro atoms.